The lowest BCUT2D eigenvalue weighted by Crippen LogP contribution is -2.08. The Balaban J connectivity index is 2.21. The van der Waals surface area contributed by atoms with E-state index in [4.69, 9.17) is 10.5 Å². The summed E-state index contributed by atoms with van der Waals surface area (Å²) in [5, 5.41) is 3.30. The van der Waals surface area contributed by atoms with Crippen LogP contribution in [-0.2, 0) is 11.3 Å². The molecule has 0 spiro atoms. The predicted octanol–water partition coefficient (Wildman–Crippen LogP) is 3.22. The fraction of sp³-hybridized carbons (Fsp3) is 0.733. The second-order valence-corrected chi connectivity index (χ2v) is 5.55. The van der Waals surface area contributed by atoms with E-state index in [1.54, 1.807) is 13.2 Å². The normalized spacial score (nSPS) is 11.0. The SMILES string of the molecule is COCc1nc(N)cc(NCCCCCCC(C)C)n1. The van der Waals surface area contributed by atoms with Gasteiger partial charge in [0.25, 0.3) is 0 Å². The highest BCUT2D eigenvalue weighted by Gasteiger charge is 2.02. The highest BCUT2D eigenvalue weighted by Crippen LogP contribution is 2.11. The summed E-state index contributed by atoms with van der Waals surface area (Å²) in [4.78, 5) is 8.46. The van der Waals surface area contributed by atoms with Crippen molar-refractivity contribution in [2.45, 2.75) is 52.6 Å². The number of methoxy groups -OCH3 is 1. The molecule has 0 unspecified atom stereocenters. The lowest BCUT2D eigenvalue weighted by atomic mass is 10.0. The van der Waals surface area contributed by atoms with Gasteiger partial charge in [0, 0.05) is 19.7 Å². The molecule has 1 heterocycles. The van der Waals surface area contributed by atoms with Crippen LogP contribution < -0.4 is 11.1 Å². The molecule has 0 aliphatic heterocycles. The average molecular weight is 280 g/mol. The molecule has 0 saturated carbocycles. The summed E-state index contributed by atoms with van der Waals surface area (Å²) in [5.74, 6) is 2.70. The largest absolute Gasteiger partial charge is 0.384 e. The number of nitrogens with zero attached hydrogens (tertiary/aromatic N) is 2. The van der Waals surface area contributed by atoms with Gasteiger partial charge in [-0.1, -0.05) is 39.5 Å². The smallest absolute Gasteiger partial charge is 0.158 e. The molecule has 0 aromatic carbocycles. The number of hydrogen-bond acceptors (Lipinski definition) is 5. The Bertz CT molecular complexity index is 382. The minimum Gasteiger partial charge on any atom is -0.384 e. The number of nitrogen functional groups attached to an aromatic ring is 1. The Kier molecular flexibility index (Phi) is 7.95. The van der Waals surface area contributed by atoms with Crippen LogP contribution in [0.3, 0.4) is 0 Å². The van der Waals surface area contributed by atoms with E-state index in [1.165, 1.54) is 25.7 Å². The maximum atomic E-state index is 5.74. The van der Waals surface area contributed by atoms with Crippen molar-refractivity contribution < 1.29 is 4.74 Å². The molecule has 20 heavy (non-hydrogen) atoms. The number of unbranched alkanes of at least 4 members (excludes halogenated alkanes) is 3. The van der Waals surface area contributed by atoms with Gasteiger partial charge in [0.2, 0.25) is 0 Å². The molecule has 3 N–H and O–H groups in total. The van der Waals surface area contributed by atoms with E-state index >= 15 is 0 Å². The summed E-state index contributed by atoms with van der Waals surface area (Å²) in [6.07, 6.45) is 6.37. The first-order valence-corrected chi connectivity index (χ1v) is 7.48. The quantitative estimate of drug-likeness (QED) is 0.644. The number of anilines is 2. The van der Waals surface area contributed by atoms with E-state index in [0.717, 1.165) is 24.7 Å². The van der Waals surface area contributed by atoms with Crippen molar-refractivity contribution in [3.63, 3.8) is 0 Å². The van der Waals surface area contributed by atoms with Crippen molar-refractivity contribution in [2.24, 2.45) is 5.92 Å². The fourth-order valence-electron chi connectivity index (χ4n) is 2.05. The van der Waals surface area contributed by atoms with Gasteiger partial charge >= 0.3 is 0 Å². The summed E-state index contributed by atoms with van der Waals surface area (Å²) in [6.45, 7) is 5.86. The lowest BCUT2D eigenvalue weighted by molar-refractivity contribution is 0.178. The molecule has 0 radical (unpaired) electrons. The maximum absolute atomic E-state index is 5.74. The van der Waals surface area contributed by atoms with Crippen molar-refractivity contribution in [1.29, 1.82) is 0 Å². The van der Waals surface area contributed by atoms with Gasteiger partial charge in [-0.3, -0.25) is 0 Å². The molecule has 1 aromatic heterocycles. The molecule has 114 valence electrons. The summed E-state index contributed by atoms with van der Waals surface area (Å²) in [7, 11) is 1.62. The standard InChI is InChI=1S/C15H28N4O/c1-12(2)8-6-4-5-7-9-17-14-10-13(16)18-15(19-14)11-20-3/h10,12H,4-9,11H2,1-3H3,(H3,16,17,18,19). The minimum atomic E-state index is 0.384. The third kappa shape index (κ3) is 7.28. The molecule has 0 bridgehead atoms. The van der Waals surface area contributed by atoms with E-state index in [-0.39, 0.29) is 0 Å². The molecular formula is C15H28N4O. The van der Waals surface area contributed by atoms with Crippen LogP contribution in [0.25, 0.3) is 0 Å². The van der Waals surface area contributed by atoms with Gasteiger partial charge in [-0.25, -0.2) is 9.97 Å². The Hall–Kier alpha value is -1.36. The number of rotatable bonds is 10. The molecule has 1 aromatic rings. The first kappa shape index (κ1) is 16.7. The molecule has 0 saturated heterocycles. The van der Waals surface area contributed by atoms with E-state index in [2.05, 4.69) is 29.1 Å². The highest BCUT2D eigenvalue weighted by atomic mass is 16.5. The fourth-order valence-corrected chi connectivity index (χ4v) is 2.05. The predicted molar refractivity (Wildman–Crippen MR) is 83.6 cm³/mol. The van der Waals surface area contributed by atoms with Crippen molar-refractivity contribution in [1.82, 2.24) is 9.97 Å². The number of aromatic nitrogens is 2. The van der Waals surface area contributed by atoms with Crippen molar-refractivity contribution >= 4 is 11.6 Å². The van der Waals surface area contributed by atoms with Crippen LogP contribution in [0.4, 0.5) is 11.6 Å². The Morgan fingerprint density at radius 1 is 1.20 bits per heavy atom. The Morgan fingerprint density at radius 3 is 2.65 bits per heavy atom. The van der Waals surface area contributed by atoms with Crippen LogP contribution in [0.15, 0.2) is 6.07 Å². The van der Waals surface area contributed by atoms with Crippen molar-refractivity contribution in [3.05, 3.63) is 11.9 Å². The Labute approximate surface area is 122 Å². The summed E-state index contributed by atoms with van der Waals surface area (Å²) >= 11 is 0. The zero-order valence-electron chi connectivity index (χ0n) is 13.0. The lowest BCUT2D eigenvalue weighted by Gasteiger charge is -2.08. The molecule has 0 fully saturated rings. The minimum absolute atomic E-state index is 0.384. The van der Waals surface area contributed by atoms with Crippen molar-refractivity contribution in [3.8, 4) is 0 Å². The zero-order valence-corrected chi connectivity index (χ0v) is 13.0. The monoisotopic (exact) mass is 280 g/mol. The first-order chi connectivity index (χ1) is 9.61. The molecule has 0 aliphatic carbocycles. The van der Waals surface area contributed by atoms with Crippen LogP contribution >= 0.6 is 0 Å². The molecule has 5 heteroatoms. The van der Waals surface area contributed by atoms with Gasteiger partial charge in [0.1, 0.15) is 18.2 Å². The number of nitrogens with one attached hydrogen (secondary N) is 1. The van der Waals surface area contributed by atoms with Gasteiger partial charge < -0.3 is 15.8 Å². The first-order valence-electron chi connectivity index (χ1n) is 7.48. The zero-order chi connectivity index (χ0) is 14.8. The third-order valence-electron chi connectivity index (χ3n) is 3.08. The van der Waals surface area contributed by atoms with Crippen molar-refractivity contribution in [2.75, 3.05) is 24.7 Å². The third-order valence-corrected chi connectivity index (χ3v) is 3.08. The number of ether oxygens (including phenoxy) is 1. The van der Waals surface area contributed by atoms with Gasteiger partial charge in [-0.05, 0) is 12.3 Å². The van der Waals surface area contributed by atoms with Gasteiger partial charge in [-0.15, -0.1) is 0 Å². The van der Waals surface area contributed by atoms with Crippen LogP contribution in [0.5, 0.6) is 0 Å². The molecule has 1 rings (SSSR count). The van der Waals surface area contributed by atoms with Crippen LogP contribution in [-0.4, -0.2) is 23.6 Å². The van der Waals surface area contributed by atoms with Gasteiger partial charge in [-0.2, -0.15) is 0 Å². The van der Waals surface area contributed by atoms with Crippen LogP contribution in [0.1, 0.15) is 51.8 Å². The topological polar surface area (TPSA) is 73.1 Å². The van der Waals surface area contributed by atoms with Gasteiger partial charge in [0.05, 0.1) is 0 Å². The second kappa shape index (κ2) is 9.53. The van der Waals surface area contributed by atoms with E-state index in [1.807, 2.05) is 0 Å². The number of hydrogen-bond donors (Lipinski definition) is 2. The number of nitrogens with two attached hydrogens (primary N) is 1. The second-order valence-electron chi connectivity index (χ2n) is 5.55. The molecule has 0 aliphatic rings. The summed E-state index contributed by atoms with van der Waals surface area (Å²) < 4.78 is 5.02. The maximum Gasteiger partial charge on any atom is 0.158 e. The van der Waals surface area contributed by atoms with Crippen LogP contribution in [0, 0.1) is 5.92 Å². The van der Waals surface area contributed by atoms with Gasteiger partial charge in [0.15, 0.2) is 5.82 Å². The average Bonchev–Trinajstić information content (AvgIpc) is 2.37. The van der Waals surface area contributed by atoms with E-state index in [0.29, 0.717) is 18.2 Å². The molecule has 0 amide bonds. The van der Waals surface area contributed by atoms with E-state index < -0.39 is 0 Å². The molecule has 5 nitrogen and oxygen atoms in total. The van der Waals surface area contributed by atoms with Crippen LogP contribution in [0.2, 0.25) is 0 Å². The van der Waals surface area contributed by atoms with E-state index in [9.17, 15) is 0 Å². The highest BCUT2D eigenvalue weighted by molar-refractivity contribution is 5.44. The summed E-state index contributed by atoms with van der Waals surface area (Å²) in [6, 6.07) is 1.76. The molecule has 0 atom stereocenters. The Morgan fingerprint density at radius 2 is 1.95 bits per heavy atom. The molecular weight excluding hydrogens is 252 g/mol. The summed E-state index contributed by atoms with van der Waals surface area (Å²) in [5.41, 5.74) is 5.74.